The van der Waals surface area contributed by atoms with Gasteiger partial charge in [-0.2, -0.15) is 0 Å². The summed E-state index contributed by atoms with van der Waals surface area (Å²) < 4.78 is 21.6. The molecule has 0 unspecified atom stereocenters. The largest absolute Gasteiger partial charge is 0.453 e. The molecule has 2 aliphatic rings. The lowest BCUT2D eigenvalue weighted by molar-refractivity contribution is -0.134. The number of halogens is 1. The first-order valence-electron chi connectivity index (χ1n) is 12.7. The topological polar surface area (TPSA) is 92.6 Å². The van der Waals surface area contributed by atoms with Crippen molar-refractivity contribution in [1.29, 1.82) is 0 Å². The van der Waals surface area contributed by atoms with Gasteiger partial charge in [0.05, 0.1) is 20.8 Å². The standard InChI is InChI=1S/C29H26FN3O4S/c30-21-13-18(12-20(34)11-17-1-2-17)4-6-25(21)37-26-7-9-31-23-14-27(38-28(23)26)22-5-3-19(15-32-22)16-33-10-8-24(35)29(33)36/h3-7,9,13-15,17,24,35H,1-2,8,10-12,16H2/t24-/m0/s1. The minimum Gasteiger partial charge on any atom is -0.453 e. The molecule has 3 aromatic heterocycles. The smallest absolute Gasteiger partial charge is 0.251 e. The van der Waals surface area contributed by atoms with E-state index in [1.165, 1.54) is 17.4 Å². The Bertz CT molecular complexity index is 1520. The molecule has 4 aromatic rings. The number of nitrogens with zero attached hydrogens (tertiary/aromatic N) is 3. The molecule has 2 fully saturated rings. The van der Waals surface area contributed by atoms with Gasteiger partial charge in [-0.1, -0.05) is 12.1 Å². The average Bonchev–Trinajstić information content (AvgIpc) is 3.51. The van der Waals surface area contributed by atoms with Gasteiger partial charge in [-0.05, 0) is 60.6 Å². The summed E-state index contributed by atoms with van der Waals surface area (Å²) in [5.74, 6) is 0.492. The van der Waals surface area contributed by atoms with Crippen molar-refractivity contribution in [1.82, 2.24) is 14.9 Å². The molecule has 0 radical (unpaired) electrons. The van der Waals surface area contributed by atoms with Gasteiger partial charge in [0.15, 0.2) is 11.6 Å². The number of Topliss-reactive ketones (excluding diaryl/α,β-unsaturated/α-hetero) is 1. The van der Waals surface area contributed by atoms with Gasteiger partial charge < -0.3 is 14.7 Å². The van der Waals surface area contributed by atoms with Crippen LogP contribution in [0.5, 0.6) is 11.5 Å². The zero-order chi connectivity index (χ0) is 26.2. The second kappa shape index (κ2) is 10.2. The summed E-state index contributed by atoms with van der Waals surface area (Å²) in [4.78, 5) is 35.6. The lowest BCUT2D eigenvalue weighted by atomic mass is 10.0. The Morgan fingerprint density at radius 1 is 1.08 bits per heavy atom. The number of likely N-dealkylation sites (tertiary alicyclic amines) is 1. The number of ether oxygens (including phenoxy) is 1. The van der Waals surface area contributed by atoms with E-state index in [2.05, 4.69) is 9.97 Å². The van der Waals surface area contributed by atoms with E-state index >= 15 is 0 Å². The van der Waals surface area contributed by atoms with Gasteiger partial charge in [0.2, 0.25) is 0 Å². The molecule has 1 atom stereocenters. The third-order valence-electron chi connectivity index (χ3n) is 6.93. The molecule has 1 N–H and O–H groups in total. The number of aliphatic hydroxyl groups excluding tert-OH is 1. The zero-order valence-corrected chi connectivity index (χ0v) is 21.4. The monoisotopic (exact) mass is 531 g/mol. The van der Waals surface area contributed by atoms with Crippen LogP contribution >= 0.6 is 11.3 Å². The number of carbonyl (C=O) groups is 2. The first kappa shape index (κ1) is 24.6. The Balaban J connectivity index is 1.17. The van der Waals surface area contributed by atoms with Crippen LogP contribution in [-0.2, 0) is 22.6 Å². The second-order valence-corrected chi connectivity index (χ2v) is 11.0. The third-order valence-corrected chi connectivity index (χ3v) is 8.09. The molecule has 0 bridgehead atoms. The Labute approximate surface area is 222 Å². The molecule has 1 saturated heterocycles. The second-order valence-electron chi connectivity index (χ2n) is 9.98. The van der Waals surface area contributed by atoms with Crippen LogP contribution in [0.25, 0.3) is 20.8 Å². The predicted octanol–water partition coefficient (Wildman–Crippen LogP) is 5.29. The van der Waals surface area contributed by atoms with Crippen molar-refractivity contribution in [2.75, 3.05) is 6.54 Å². The van der Waals surface area contributed by atoms with Crippen molar-refractivity contribution >= 4 is 33.2 Å². The molecule has 1 aliphatic carbocycles. The number of thiophene rings is 1. The number of benzene rings is 1. The molecule has 9 heteroatoms. The molecule has 1 aromatic carbocycles. The molecule has 1 aliphatic heterocycles. The van der Waals surface area contributed by atoms with Crippen LogP contribution in [0.1, 0.15) is 36.8 Å². The van der Waals surface area contributed by atoms with E-state index in [4.69, 9.17) is 4.74 Å². The van der Waals surface area contributed by atoms with E-state index in [0.717, 1.165) is 33.7 Å². The quantitative estimate of drug-likeness (QED) is 0.315. The zero-order valence-electron chi connectivity index (χ0n) is 20.6. The maximum atomic E-state index is 14.9. The summed E-state index contributed by atoms with van der Waals surface area (Å²) >= 11 is 1.45. The molecule has 6 rings (SSSR count). The van der Waals surface area contributed by atoms with E-state index in [9.17, 15) is 19.1 Å². The number of hydrogen-bond donors (Lipinski definition) is 1. The minimum absolute atomic E-state index is 0.0925. The number of hydrogen-bond acceptors (Lipinski definition) is 7. The maximum absolute atomic E-state index is 14.9. The Hall–Kier alpha value is -3.69. The van der Waals surface area contributed by atoms with Crippen molar-refractivity contribution in [2.24, 2.45) is 5.92 Å². The SMILES string of the molecule is O=C(Cc1ccc(Oc2ccnc3cc(-c4ccc(CN5CC[C@H](O)C5=O)cn4)sc23)c(F)c1)CC1CC1. The Kier molecular flexibility index (Phi) is 6.63. The summed E-state index contributed by atoms with van der Waals surface area (Å²) in [6.45, 7) is 0.947. The Morgan fingerprint density at radius 3 is 2.63 bits per heavy atom. The number of carbonyl (C=O) groups excluding carboxylic acids is 2. The molecule has 1 amide bonds. The number of aromatic nitrogens is 2. The summed E-state index contributed by atoms with van der Waals surface area (Å²) in [6, 6.07) is 12.1. The van der Waals surface area contributed by atoms with Gasteiger partial charge in [0.1, 0.15) is 17.6 Å². The van der Waals surface area contributed by atoms with Crippen molar-refractivity contribution < 1.29 is 23.8 Å². The number of rotatable bonds is 9. The fraction of sp³-hybridized carbons (Fsp3) is 0.310. The van der Waals surface area contributed by atoms with Gasteiger partial charge in [-0.15, -0.1) is 11.3 Å². The van der Waals surface area contributed by atoms with Gasteiger partial charge in [0.25, 0.3) is 5.91 Å². The number of pyridine rings is 2. The predicted molar refractivity (Wildman–Crippen MR) is 141 cm³/mol. The van der Waals surface area contributed by atoms with E-state index in [0.29, 0.717) is 48.7 Å². The summed E-state index contributed by atoms with van der Waals surface area (Å²) in [5, 5.41) is 9.66. The molecule has 7 nitrogen and oxygen atoms in total. The average molecular weight is 532 g/mol. The third kappa shape index (κ3) is 5.30. The first-order chi connectivity index (χ1) is 18.4. The summed E-state index contributed by atoms with van der Waals surface area (Å²) in [7, 11) is 0. The van der Waals surface area contributed by atoms with Crippen LogP contribution in [0.3, 0.4) is 0 Å². The summed E-state index contributed by atoms with van der Waals surface area (Å²) in [5.41, 5.74) is 3.00. The fourth-order valence-electron chi connectivity index (χ4n) is 4.68. The van der Waals surface area contributed by atoms with Gasteiger partial charge in [-0.25, -0.2) is 4.39 Å². The molecule has 0 spiro atoms. The van der Waals surface area contributed by atoms with E-state index < -0.39 is 11.9 Å². The highest BCUT2D eigenvalue weighted by atomic mass is 32.1. The molecular formula is C29H26FN3O4S. The molecule has 1 saturated carbocycles. The number of aliphatic hydroxyl groups is 1. The van der Waals surface area contributed by atoms with E-state index in [1.54, 1.807) is 35.5 Å². The van der Waals surface area contributed by atoms with Crippen molar-refractivity contribution in [3.8, 4) is 22.1 Å². The van der Waals surface area contributed by atoms with Crippen LogP contribution in [-0.4, -0.2) is 44.3 Å². The first-order valence-corrected chi connectivity index (χ1v) is 13.5. The van der Waals surface area contributed by atoms with Crippen LogP contribution < -0.4 is 4.74 Å². The van der Waals surface area contributed by atoms with Crippen LogP contribution in [0.4, 0.5) is 4.39 Å². The minimum atomic E-state index is -0.905. The van der Waals surface area contributed by atoms with Crippen LogP contribution in [0.2, 0.25) is 0 Å². The lowest BCUT2D eigenvalue weighted by Crippen LogP contribution is -2.28. The van der Waals surface area contributed by atoms with E-state index in [-0.39, 0.29) is 23.9 Å². The van der Waals surface area contributed by atoms with Crippen molar-refractivity contribution in [3.63, 3.8) is 0 Å². The Morgan fingerprint density at radius 2 is 1.92 bits per heavy atom. The molecular weight excluding hydrogens is 505 g/mol. The highest BCUT2D eigenvalue weighted by Gasteiger charge is 2.29. The van der Waals surface area contributed by atoms with Crippen LogP contribution in [0, 0.1) is 11.7 Å². The fourth-order valence-corrected chi connectivity index (χ4v) is 5.73. The van der Waals surface area contributed by atoms with Gasteiger partial charge in [0, 0.05) is 44.4 Å². The normalized spacial score (nSPS) is 17.4. The highest BCUT2D eigenvalue weighted by molar-refractivity contribution is 7.22. The molecule has 38 heavy (non-hydrogen) atoms. The lowest BCUT2D eigenvalue weighted by Gasteiger charge is -2.15. The number of ketones is 1. The van der Waals surface area contributed by atoms with E-state index in [1.807, 2.05) is 18.2 Å². The molecule has 194 valence electrons. The van der Waals surface area contributed by atoms with Crippen molar-refractivity contribution in [3.05, 3.63) is 71.8 Å². The van der Waals surface area contributed by atoms with Gasteiger partial charge >= 0.3 is 0 Å². The summed E-state index contributed by atoms with van der Waals surface area (Å²) in [6.07, 6.45) is 5.95. The number of fused-ring (bicyclic) bond motifs is 1. The van der Waals surface area contributed by atoms with Crippen molar-refractivity contribution in [2.45, 2.75) is 44.8 Å². The van der Waals surface area contributed by atoms with Crippen LogP contribution in [0.15, 0.2) is 54.9 Å². The van der Waals surface area contributed by atoms with Gasteiger partial charge in [-0.3, -0.25) is 19.6 Å². The highest BCUT2D eigenvalue weighted by Crippen LogP contribution is 2.39. The maximum Gasteiger partial charge on any atom is 0.251 e. The molecule has 4 heterocycles. The number of amides is 1.